The van der Waals surface area contributed by atoms with Gasteiger partial charge in [-0.25, -0.2) is 0 Å². The molecule has 1 aliphatic heterocycles. The van der Waals surface area contributed by atoms with Gasteiger partial charge in [0.2, 0.25) is 0 Å². The first kappa shape index (κ1) is 10.9. The fraction of sp³-hybridized carbons (Fsp3) is 0.909. The zero-order valence-electron chi connectivity index (χ0n) is 8.85. The Morgan fingerprint density at radius 2 is 2.20 bits per heavy atom. The fourth-order valence-electron chi connectivity index (χ4n) is 2.41. The molecular weight excluding hydrogens is 196 g/mol. The van der Waals surface area contributed by atoms with E-state index >= 15 is 0 Å². The summed E-state index contributed by atoms with van der Waals surface area (Å²) in [6.07, 6.45) is 4.85. The summed E-state index contributed by atoms with van der Waals surface area (Å²) in [5.41, 5.74) is 0. The molecule has 0 aromatic rings. The van der Waals surface area contributed by atoms with E-state index in [9.17, 15) is 4.79 Å². The van der Waals surface area contributed by atoms with Gasteiger partial charge in [0.25, 0.3) is 0 Å². The van der Waals surface area contributed by atoms with E-state index in [1.165, 1.54) is 0 Å². The molecule has 2 aliphatic rings. The van der Waals surface area contributed by atoms with Crippen molar-refractivity contribution < 1.29 is 19.4 Å². The molecule has 0 amide bonds. The number of aliphatic carboxylic acids is 1. The summed E-state index contributed by atoms with van der Waals surface area (Å²) in [6.45, 7) is 1.38. The SMILES string of the molecule is O=C(O)C1CCCC1OCC1CCCO1. The maximum atomic E-state index is 10.9. The Morgan fingerprint density at radius 1 is 1.33 bits per heavy atom. The molecule has 0 spiro atoms. The second-order valence-electron chi connectivity index (χ2n) is 4.38. The van der Waals surface area contributed by atoms with Gasteiger partial charge in [-0.15, -0.1) is 0 Å². The molecule has 4 heteroatoms. The van der Waals surface area contributed by atoms with Gasteiger partial charge in [-0.1, -0.05) is 0 Å². The molecule has 1 N–H and O–H groups in total. The molecule has 2 rings (SSSR count). The Morgan fingerprint density at radius 3 is 2.87 bits per heavy atom. The molecular formula is C11H18O4. The molecule has 2 fully saturated rings. The van der Waals surface area contributed by atoms with Crippen LogP contribution in [0.5, 0.6) is 0 Å². The molecule has 1 heterocycles. The van der Waals surface area contributed by atoms with Gasteiger partial charge in [0.05, 0.1) is 24.7 Å². The molecule has 3 unspecified atom stereocenters. The summed E-state index contributed by atoms with van der Waals surface area (Å²) >= 11 is 0. The Balaban J connectivity index is 1.75. The van der Waals surface area contributed by atoms with Gasteiger partial charge in [-0.2, -0.15) is 0 Å². The number of hydrogen-bond acceptors (Lipinski definition) is 3. The molecule has 0 aromatic carbocycles. The molecule has 4 nitrogen and oxygen atoms in total. The molecule has 1 saturated heterocycles. The van der Waals surface area contributed by atoms with Crippen LogP contribution in [0.3, 0.4) is 0 Å². The van der Waals surface area contributed by atoms with Crippen molar-refractivity contribution in [1.82, 2.24) is 0 Å². The summed E-state index contributed by atoms with van der Waals surface area (Å²) < 4.78 is 11.1. The topological polar surface area (TPSA) is 55.8 Å². The Bertz CT molecular complexity index is 223. The summed E-state index contributed by atoms with van der Waals surface area (Å²) in [5, 5.41) is 8.96. The van der Waals surface area contributed by atoms with Crippen LogP contribution < -0.4 is 0 Å². The number of carboxylic acids is 1. The largest absolute Gasteiger partial charge is 0.481 e. The third kappa shape index (κ3) is 2.69. The van der Waals surface area contributed by atoms with Crippen molar-refractivity contribution in [2.24, 2.45) is 5.92 Å². The summed E-state index contributed by atoms with van der Waals surface area (Å²) in [4.78, 5) is 10.9. The predicted molar refractivity (Wildman–Crippen MR) is 53.7 cm³/mol. The molecule has 0 radical (unpaired) electrons. The van der Waals surface area contributed by atoms with Crippen molar-refractivity contribution in [1.29, 1.82) is 0 Å². The van der Waals surface area contributed by atoms with Crippen LogP contribution in [-0.2, 0) is 14.3 Å². The normalized spacial score (nSPS) is 35.9. The van der Waals surface area contributed by atoms with Crippen molar-refractivity contribution in [2.45, 2.75) is 44.3 Å². The van der Waals surface area contributed by atoms with Crippen LogP contribution in [0.2, 0.25) is 0 Å². The van der Waals surface area contributed by atoms with Gasteiger partial charge >= 0.3 is 5.97 Å². The average Bonchev–Trinajstić information content (AvgIpc) is 2.86. The number of carboxylic acid groups (broad SMARTS) is 1. The van der Waals surface area contributed by atoms with Gasteiger partial charge in [0.15, 0.2) is 0 Å². The number of hydrogen-bond donors (Lipinski definition) is 1. The number of rotatable bonds is 4. The number of carbonyl (C=O) groups is 1. The summed E-state index contributed by atoms with van der Waals surface area (Å²) in [5.74, 6) is -1.02. The van der Waals surface area contributed by atoms with Crippen LogP contribution >= 0.6 is 0 Å². The fourth-order valence-corrected chi connectivity index (χ4v) is 2.41. The highest BCUT2D eigenvalue weighted by molar-refractivity contribution is 5.71. The van der Waals surface area contributed by atoms with Crippen molar-refractivity contribution in [2.75, 3.05) is 13.2 Å². The third-order valence-corrected chi connectivity index (χ3v) is 3.29. The van der Waals surface area contributed by atoms with E-state index in [2.05, 4.69) is 0 Å². The van der Waals surface area contributed by atoms with Crippen LogP contribution in [0.15, 0.2) is 0 Å². The van der Waals surface area contributed by atoms with Crippen molar-refractivity contribution >= 4 is 5.97 Å². The van der Waals surface area contributed by atoms with Gasteiger partial charge in [-0.05, 0) is 32.1 Å². The van der Waals surface area contributed by atoms with Crippen LogP contribution in [0.1, 0.15) is 32.1 Å². The van der Waals surface area contributed by atoms with Crippen molar-refractivity contribution in [3.8, 4) is 0 Å². The molecule has 86 valence electrons. The third-order valence-electron chi connectivity index (χ3n) is 3.29. The first-order valence-electron chi connectivity index (χ1n) is 5.73. The molecule has 1 saturated carbocycles. The van der Waals surface area contributed by atoms with E-state index in [0.29, 0.717) is 6.61 Å². The van der Waals surface area contributed by atoms with Crippen molar-refractivity contribution in [3.05, 3.63) is 0 Å². The highest BCUT2D eigenvalue weighted by Gasteiger charge is 2.34. The summed E-state index contributed by atoms with van der Waals surface area (Å²) in [6, 6.07) is 0. The quantitative estimate of drug-likeness (QED) is 0.769. The zero-order valence-corrected chi connectivity index (χ0v) is 8.85. The Kier molecular flexibility index (Phi) is 3.59. The molecule has 0 bridgehead atoms. The van der Waals surface area contributed by atoms with Crippen molar-refractivity contribution in [3.63, 3.8) is 0 Å². The van der Waals surface area contributed by atoms with E-state index in [4.69, 9.17) is 14.6 Å². The van der Waals surface area contributed by atoms with E-state index in [1.54, 1.807) is 0 Å². The van der Waals surface area contributed by atoms with E-state index < -0.39 is 5.97 Å². The molecule has 0 aromatic heterocycles. The maximum absolute atomic E-state index is 10.9. The van der Waals surface area contributed by atoms with Gasteiger partial charge in [0, 0.05) is 6.61 Å². The second kappa shape index (κ2) is 4.94. The van der Waals surface area contributed by atoms with Crippen LogP contribution in [0.4, 0.5) is 0 Å². The lowest BCUT2D eigenvalue weighted by Gasteiger charge is -2.18. The number of ether oxygens (including phenoxy) is 2. The van der Waals surface area contributed by atoms with Crippen LogP contribution in [-0.4, -0.2) is 36.5 Å². The standard InChI is InChI=1S/C11H18O4/c12-11(13)9-4-1-5-10(9)15-7-8-3-2-6-14-8/h8-10H,1-7H2,(H,12,13). The highest BCUT2D eigenvalue weighted by Crippen LogP contribution is 2.29. The van der Waals surface area contributed by atoms with Crippen LogP contribution in [0, 0.1) is 5.92 Å². The van der Waals surface area contributed by atoms with E-state index in [0.717, 1.165) is 38.7 Å². The monoisotopic (exact) mass is 214 g/mol. The van der Waals surface area contributed by atoms with E-state index in [1.807, 2.05) is 0 Å². The van der Waals surface area contributed by atoms with E-state index in [-0.39, 0.29) is 18.1 Å². The average molecular weight is 214 g/mol. The van der Waals surface area contributed by atoms with Gasteiger partial charge in [0.1, 0.15) is 0 Å². The molecule has 15 heavy (non-hydrogen) atoms. The first-order valence-corrected chi connectivity index (χ1v) is 5.73. The molecule has 1 aliphatic carbocycles. The second-order valence-corrected chi connectivity index (χ2v) is 4.38. The van der Waals surface area contributed by atoms with Gasteiger partial charge in [-0.3, -0.25) is 4.79 Å². The lowest BCUT2D eigenvalue weighted by Crippen LogP contribution is -2.28. The first-order chi connectivity index (χ1) is 7.27. The molecule has 3 atom stereocenters. The minimum Gasteiger partial charge on any atom is -0.481 e. The highest BCUT2D eigenvalue weighted by atomic mass is 16.5. The van der Waals surface area contributed by atoms with Gasteiger partial charge < -0.3 is 14.6 Å². The maximum Gasteiger partial charge on any atom is 0.309 e. The summed E-state index contributed by atoms with van der Waals surface area (Å²) in [7, 11) is 0. The Hall–Kier alpha value is -0.610. The smallest absolute Gasteiger partial charge is 0.309 e. The van der Waals surface area contributed by atoms with Crippen LogP contribution in [0.25, 0.3) is 0 Å². The lowest BCUT2D eigenvalue weighted by atomic mass is 10.1. The zero-order chi connectivity index (χ0) is 10.7. The lowest BCUT2D eigenvalue weighted by molar-refractivity contribution is -0.147. The predicted octanol–water partition coefficient (Wildman–Crippen LogP) is 1.44. The Labute approximate surface area is 89.6 Å². The minimum atomic E-state index is -0.718. The minimum absolute atomic E-state index is 0.0910.